The predicted molar refractivity (Wildman–Crippen MR) is 114 cm³/mol. The van der Waals surface area contributed by atoms with Gasteiger partial charge in [0.25, 0.3) is 0 Å². The Hall–Kier alpha value is -2.20. The van der Waals surface area contributed by atoms with Crippen molar-refractivity contribution in [3.8, 4) is 0 Å². The summed E-state index contributed by atoms with van der Waals surface area (Å²) in [7, 11) is 0. The summed E-state index contributed by atoms with van der Waals surface area (Å²) in [5, 5.41) is 17.2. The van der Waals surface area contributed by atoms with Crippen molar-refractivity contribution in [1.29, 1.82) is 0 Å². The minimum absolute atomic E-state index is 0.0708. The van der Waals surface area contributed by atoms with Crippen LogP contribution in [0.4, 0.5) is 0 Å². The van der Waals surface area contributed by atoms with Gasteiger partial charge < -0.3 is 32.5 Å². The number of nitrogens with one attached hydrogen (secondary N) is 3. The van der Waals surface area contributed by atoms with Gasteiger partial charge >= 0.3 is 5.97 Å². The highest BCUT2D eigenvalue weighted by Gasteiger charge is 2.32. The predicted octanol–water partition coefficient (Wildman–Crippen LogP) is -0.295. The summed E-state index contributed by atoms with van der Waals surface area (Å²) in [6, 6.07) is -2.82. The molecule has 0 aromatic rings. The van der Waals surface area contributed by atoms with Gasteiger partial charge in [-0.1, -0.05) is 34.1 Å². The van der Waals surface area contributed by atoms with E-state index in [0.717, 1.165) is 0 Å². The first-order valence-corrected chi connectivity index (χ1v) is 10.6. The fourth-order valence-electron chi connectivity index (χ4n) is 2.93. The Labute approximate surface area is 178 Å². The summed E-state index contributed by atoms with van der Waals surface area (Å²) in [5.41, 5.74) is 10.8. The van der Waals surface area contributed by atoms with Crippen molar-refractivity contribution in [3.63, 3.8) is 0 Å². The van der Waals surface area contributed by atoms with Crippen molar-refractivity contribution in [3.05, 3.63) is 0 Å². The molecule has 0 bridgehead atoms. The molecular weight excluding hydrogens is 390 g/mol. The Morgan fingerprint density at radius 3 is 2.00 bits per heavy atom. The normalized spacial score (nSPS) is 15.0. The molecule has 0 fully saturated rings. The number of carboxylic acid groups (broad SMARTS) is 1. The number of rotatable bonds is 15. The van der Waals surface area contributed by atoms with E-state index in [1.807, 2.05) is 20.8 Å². The molecule has 10 nitrogen and oxygen atoms in total. The summed E-state index contributed by atoms with van der Waals surface area (Å²) < 4.78 is 0. The van der Waals surface area contributed by atoms with Crippen LogP contribution in [-0.4, -0.2) is 60.0 Å². The molecule has 174 valence electrons. The fraction of sp³-hybridized carbons (Fsp3) is 0.800. The Morgan fingerprint density at radius 2 is 1.53 bits per heavy atom. The van der Waals surface area contributed by atoms with Crippen molar-refractivity contribution in [2.24, 2.45) is 23.3 Å². The van der Waals surface area contributed by atoms with Crippen molar-refractivity contribution in [2.45, 2.75) is 77.9 Å². The monoisotopic (exact) mass is 429 g/mol. The van der Waals surface area contributed by atoms with Gasteiger partial charge in [-0.25, -0.2) is 4.79 Å². The van der Waals surface area contributed by atoms with Crippen LogP contribution in [-0.2, 0) is 19.2 Å². The maximum absolute atomic E-state index is 12.8. The van der Waals surface area contributed by atoms with Crippen LogP contribution in [0.3, 0.4) is 0 Å². The number of hydrogen-bond acceptors (Lipinski definition) is 6. The summed E-state index contributed by atoms with van der Waals surface area (Å²) in [4.78, 5) is 48.9. The average Bonchev–Trinajstić information content (AvgIpc) is 2.69. The highest BCUT2D eigenvalue weighted by atomic mass is 16.4. The van der Waals surface area contributed by atoms with E-state index in [1.54, 1.807) is 6.92 Å². The van der Waals surface area contributed by atoms with Crippen LogP contribution in [0.5, 0.6) is 0 Å². The molecule has 0 heterocycles. The fourth-order valence-corrected chi connectivity index (χ4v) is 2.93. The van der Waals surface area contributed by atoms with E-state index in [0.29, 0.717) is 32.2 Å². The van der Waals surface area contributed by atoms with Gasteiger partial charge in [-0.05, 0) is 44.1 Å². The lowest BCUT2D eigenvalue weighted by Gasteiger charge is -2.28. The van der Waals surface area contributed by atoms with Crippen LogP contribution in [0.1, 0.15) is 59.8 Å². The second-order valence-electron chi connectivity index (χ2n) is 8.01. The lowest BCUT2D eigenvalue weighted by molar-refractivity contribution is -0.143. The molecular formula is C20H39N5O5. The van der Waals surface area contributed by atoms with E-state index < -0.39 is 41.8 Å². The molecule has 0 rings (SSSR count). The van der Waals surface area contributed by atoms with Gasteiger partial charge in [0.1, 0.15) is 18.1 Å². The Bertz CT molecular complexity index is 570. The number of carbonyl (C=O) groups excluding carboxylic acids is 3. The minimum atomic E-state index is -1.12. The third-order valence-corrected chi connectivity index (χ3v) is 4.90. The van der Waals surface area contributed by atoms with Crippen molar-refractivity contribution < 1.29 is 24.3 Å². The third-order valence-electron chi connectivity index (χ3n) is 4.90. The van der Waals surface area contributed by atoms with Gasteiger partial charge in [-0.2, -0.15) is 0 Å². The number of aliphatic carboxylic acids is 1. The molecule has 0 saturated heterocycles. The summed E-state index contributed by atoms with van der Waals surface area (Å²) in [5.74, 6) is -2.84. The zero-order valence-corrected chi connectivity index (χ0v) is 18.6. The van der Waals surface area contributed by atoms with Gasteiger partial charge in [0.15, 0.2) is 0 Å². The minimum Gasteiger partial charge on any atom is -0.480 e. The van der Waals surface area contributed by atoms with Gasteiger partial charge in [0, 0.05) is 0 Å². The van der Waals surface area contributed by atoms with Crippen LogP contribution in [0.25, 0.3) is 0 Å². The Kier molecular flexibility index (Phi) is 13.7. The Morgan fingerprint density at radius 1 is 0.900 bits per heavy atom. The van der Waals surface area contributed by atoms with E-state index in [9.17, 15) is 24.3 Å². The highest BCUT2D eigenvalue weighted by Crippen LogP contribution is 2.12. The third kappa shape index (κ3) is 10.5. The lowest BCUT2D eigenvalue weighted by atomic mass is 9.96. The first-order valence-electron chi connectivity index (χ1n) is 10.6. The molecule has 0 aliphatic rings. The molecule has 0 radical (unpaired) electrons. The highest BCUT2D eigenvalue weighted by molar-refractivity contribution is 5.93. The van der Waals surface area contributed by atoms with Gasteiger partial charge in [0.2, 0.25) is 17.7 Å². The smallest absolute Gasteiger partial charge is 0.326 e. The van der Waals surface area contributed by atoms with Crippen LogP contribution >= 0.6 is 0 Å². The van der Waals surface area contributed by atoms with E-state index in [-0.39, 0.29) is 24.8 Å². The van der Waals surface area contributed by atoms with Crippen molar-refractivity contribution in [1.82, 2.24) is 16.0 Å². The van der Waals surface area contributed by atoms with Crippen LogP contribution in [0.15, 0.2) is 0 Å². The van der Waals surface area contributed by atoms with Crippen LogP contribution in [0, 0.1) is 11.8 Å². The molecule has 4 atom stereocenters. The Balaban J connectivity index is 5.37. The van der Waals surface area contributed by atoms with Gasteiger partial charge in [0.05, 0.1) is 6.54 Å². The van der Waals surface area contributed by atoms with E-state index in [2.05, 4.69) is 16.0 Å². The zero-order valence-electron chi connectivity index (χ0n) is 18.6. The molecule has 8 N–H and O–H groups in total. The standard InChI is InChI=1S/C20H39N5O5/c1-5-13(4)17(19(28)24-15(20(29)30)10-12(2)3)25-18(27)14(8-6-7-9-21)23-16(26)11-22/h12-15,17H,5-11,21-22H2,1-4H3,(H,23,26)(H,24,28)(H,25,27)(H,29,30). The van der Waals surface area contributed by atoms with Crippen molar-refractivity contribution >= 4 is 23.7 Å². The van der Waals surface area contributed by atoms with Gasteiger partial charge in [-0.3, -0.25) is 14.4 Å². The number of unbranched alkanes of at least 4 members (excludes halogenated alkanes) is 1. The molecule has 0 aliphatic heterocycles. The van der Waals surface area contributed by atoms with E-state index in [1.165, 1.54) is 0 Å². The first kappa shape index (κ1) is 27.8. The van der Waals surface area contributed by atoms with Gasteiger partial charge in [-0.15, -0.1) is 0 Å². The number of hydrogen-bond donors (Lipinski definition) is 6. The second kappa shape index (κ2) is 14.7. The number of amides is 3. The molecule has 4 unspecified atom stereocenters. The van der Waals surface area contributed by atoms with Crippen LogP contribution in [0.2, 0.25) is 0 Å². The van der Waals surface area contributed by atoms with E-state index >= 15 is 0 Å². The zero-order chi connectivity index (χ0) is 23.3. The van der Waals surface area contributed by atoms with Crippen molar-refractivity contribution in [2.75, 3.05) is 13.1 Å². The quantitative estimate of drug-likeness (QED) is 0.194. The molecule has 3 amide bonds. The average molecular weight is 430 g/mol. The largest absolute Gasteiger partial charge is 0.480 e. The molecule has 0 spiro atoms. The SMILES string of the molecule is CCC(C)C(NC(=O)C(CCCCN)NC(=O)CN)C(=O)NC(CC(C)C)C(=O)O. The van der Waals surface area contributed by atoms with E-state index in [4.69, 9.17) is 11.5 Å². The maximum Gasteiger partial charge on any atom is 0.326 e. The summed E-state index contributed by atoms with van der Waals surface area (Å²) >= 11 is 0. The number of carboxylic acids is 1. The van der Waals surface area contributed by atoms with Crippen LogP contribution < -0.4 is 27.4 Å². The summed E-state index contributed by atoms with van der Waals surface area (Å²) in [6.45, 7) is 7.60. The molecule has 0 aromatic carbocycles. The molecule has 30 heavy (non-hydrogen) atoms. The molecule has 0 saturated carbocycles. The number of carbonyl (C=O) groups is 4. The molecule has 0 aliphatic carbocycles. The molecule has 0 aromatic heterocycles. The maximum atomic E-state index is 12.8. The molecule has 10 heteroatoms. The lowest BCUT2D eigenvalue weighted by Crippen LogP contribution is -2.58. The summed E-state index contributed by atoms with van der Waals surface area (Å²) in [6.07, 6.45) is 2.53. The topological polar surface area (TPSA) is 177 Å². The second-order valence-corrected chi connectivity index (χ2v) is 8.01. The number of nitrogens with two attached hydrogens (primary N) is 2. The first-order chi connectivity index (χ1) is 14.1.